The van der Waals surface area contributed by atoms with Crippen LogP contribution in [0.4, 0.5) is 11.4 Å². The van der Waals surface area contributed by atoms with Gasteiger partial charge in [-0.25, -0.2) is 4.98 Å². The number of aromatic nitrogens is 2. The van der Waals surface area contributed by atoms with Gasteiger partial charge in [-0.2, -0.15) is 0 Å². The number of benzene rings is 1. The number of nitrogen functional groups attached to an aromatic ring is 1. The number of anilines is 1. The maximum Gasteiger partial charge on any atom is 0.311 e. The zero-order chi connectivity index (χ0) is 20.5. The van der Waals surface area contributed by atoms with Crippen molar-refractivity contribution in [2.75, 3.05) is 25.9 Å². The van der Waals surface area contributed by atoms with Gasteiger partial charge in [-0.3, -0.25) is 15.0 Å². The average Bonchev–Trinajstić information content (AvgIpc) is 3.05. The summed E-state index contributed by atoms with van der Waals surface area (Å²) in [6.45, 7) is 5.04. The molecule has 29 heavy (non-hydrogen) atoms. The fraction of sp³-hybridized carbons (Fsp3) is 0.381. The van der Waals surface area contributed by atoms with E-state index < -0.39 is 4.92 Å². The van der Waals surface area contributed by atoms with Crippen molar-refractivity contribution in [3.8, 4) is 17.0 Å². The van der Waals surface area contributed by atoms with Crippen LogP contribution in [0.1, 0.15) is 25.5 Å². The minimum Gasteiger partial charge on any atom is -0.490 e. The van der Waals surface area contributed by atoms with Gasteiger partial charge in [0.2, 0.25) is 0 Å². The highest BCUT2D eigenvalue weighted by molar-refractivity contribution is 5.71. The van der Waals surface area contributed by atoms with Gasteiger partial charge in [0.25, 0.3) is 0 Å². The molecule has 1 atom stereocenters. The Labute approximate surface area is 169 Å². The Morgan fingerprint density at radius 3 is 2.90 bits per heavy atom. The van der Waals surface area contributed by atoms with Crippen LogP contribution in [-0.2, 0) is 6.54 Å². The number of rotatable bonds is 5. The van der Waals surface area contributed by atoms with Crippen molar-refractivity contribution in [2.24, 2.45) is 5.92 Å². The number of pyridine rings is 1. The van der Waals surface area contributed by atoms with Gasteiger partial charge < -0.3 is 14.9 Å². The zero-order valence-electron chi connectivity index (χ0n) is 16.7. The smallest absolute Gasteiger partial charge is 0.311 e. The van der Waals surface area contributed by atoms with Gasteiger partial charge in [0.05, 0.1) is 23.4 Å². The first-order valence-electron chi connectivity index (χ1n) is 9.78. The van der Waals surface area contributed by atoms with E-state index in [2.05, 4.69) is 11.8 Å². The number of ether oxygens (including phenoxy) is 1. The SMILES string of the molecule is COc1ccc(-c2nc3ccc(N)cn3c2CN2CCCC(C)C2)cc1[N+](=O)[O-]. The number of methoxy groups -OCH3 is 1. The Bertz CT molecular complexity index is 1060. The third-order valence-electron chi connectivity index (χ3n) is 5.50. The zero-order valence-corrected chi connectivity index (χ0v) is 16.7. The van der Waals surface area contributed by atoms with E-state index in [9.17, 15) is 10.1 Å². The number of imidazole rings is 1. The predicted octanol–water partition coefficient (Wildman–Crippen LogP) is 3.73. The lowest BCUT2D eigenvalue weighted by Crippen LogP contribution is -2.34. The summed E-state index contributed by atoms with van der Waals surface area (Å²) in [6.07, 6.45) is 4.28. The third kappa shape index (κ3) is 3.75. The molecule has 3 heterocycles. The number of fused-ring (bicyclic) bond motifs is 1. The molecule has 0 radical (unpaired) electrons. The van der Waals surface area contributed by atoms with Crippen molar-refractivity contribution < 1.29 is 9.66 Å². The van der Waals surface area contributed by atoms with Gasteiger partial charge in [0.15, 0.2) is 5.75 Å². The van der Waals surface area contributed by atoms with E-state index in [0.717, 1.165) is 30.1 Å². The molecule has 4 rings (SSSR count). The van der Waals surface area contributed by atoms with Crippen molar-refractivity contribution in [1.82, 2.24) is 14.3 Å². The van der Waals surface area contributed by atoms with E-state index in [1.54, 1.807) is 6.07 Å². The maximum absolute atomic E-state index is 11.5. The van der Waals surface area contributed by atoms with Crippen LogP contribution in [0.2, 0.25) is 0 Å². The first kappa shape index (κ1) is 19.2. The molecule has 0 saturated carbocycles. The fourth-order valence-corrected chi connectivity index (χ4v) is 4.11. The summed E-state index contributed by atoms with van der Waals surface area (Å²) in [5.41, 5.74) is 9.80. The van der Waals surface area contributed by atoms with Gasteiger partial charge >= 0.3 is 5.69 Å². The topological polar surface area (TPSA) is 98.9 Å². The van der Waals surface area contributed by atoms with Gasteiger partial charge in [0.1, 0.15) is 5.65 Å². The standard InChI is InChI=1S/C21H25N5O3/c1-14-4-3-9-24(11-14)13-18-21(23-20-8-6-16(22)12-25(18)20)15-5-7-19(29-2)17(10-15)26(27)28/h5-8,10,12,14H,3-4,9,11,13,22H2,1-2H3. The Balaban J connectivity index is 1.83. The molecule has 1 aliphatic heterocycles. The largest absolute Gasteiger partial charge is 0.490 e. The molecule has 8 heteroatoms. The molecular weight excluding hydrogens is 370 g/mol. The molecule has 1 unspecified atom stereocenters. The summed E-state index contributed by atoms with van der Waals surface area (Å²) in [4.78, 5) is 18.3. The molecule has 1 saturated heterocycles. The van der Waals surface area contributed by atoms with Crippen molar-refractivity contribution >= 4 is 17.0 Å². The highest BCUT2D eigenvalue weighted by atomic mass is 16.6. The number of hydrogen-bond donors (Lipinski definition) is 1. The number of nitrogens with two attached hydrogens (primary N) is 1. The van der Waals surface area contributed by atoms with Crippen molar-refractivity contribution in [2.45, 2.75) is 26.3 Å². The minimum absolute atomic E-state index is 0.0703. The molecule has 1 aromatic carbocycles. The molecule has 0 aliphatic carbocycles. The molecule has 0 amide bonds. The lowest BCUT2D eigenvalue weighted by Gasteiger charge is -2.30. The molecule has 1 fully saturated rings. The van der Waals surface area contributed by atoms with Crippen molar-refractivity contribution in [3.63, 3.8) is 0 Å². The van der Waals surface area contributed by atoms with Gasteiger partial charge in [-0.15, -0.1) is 0 Å². The van der Waals surface area contributed by atoms with E-state index in [1.807, 2.05) is 28.8 Å². The molecule has 1 aliphatic rings. The Hall–Kier alpha value is -3.13. The fourth-order valence-electron chi connectivity index (χ4n) is 4.11. The lowest BCUT2D eigenvalue weighted by atomic mass is 10.00. The van der Waals surface area contributed by atoms with Crippen molar-refractivity contribution in [1.29, 1.82) is 0 Å². The minimum atomic E-state index is -0.428. The van der Waals surface area contributed by atoms with E-state index in [1.165, 1.54) is 26.0 Å². The van der Waals surface area contributed by atoms with Crippen LogP contribution in [0.3, 0.4) is 0 Å². The van der Waals surface area contributed by atoms with Crippen LogP contribution in [0, 0.1) is 16.0 Å². The predicted molar refractivity (Wildman–Crippen MR) is 112 cm³/mol. The van der Waals surface area contributed by atoms with Gasteiger partial charge in [-0.1, -0.05) is 6.92 Å². The van der Waals surface area contributed by atoms with Crippen LogP contribution in [0.15, 0.2) is 36.5 Å². The number of piperidine rings is 1. The van der Waals surface area contributed by atoms with E-state index in [4.69, 9.17) is 15.5 Å². The molecule has 0 spiro atoms. The van der Waals surface area contributed by atoms with Crippen LogP contribution in [-0.4, -0.2) is 39.4 Å². The summed E-state index contributed by atoms with van der Waals surface area (Å²) in [6, 6.07) is 8.67. The number of nitrogens with zero attached hydrogens (tertiary/aromatic N) is 4. The van der Waals surface area contributed by atoms with Crippen LogP contribution >= 0.6 is 0 Å². The normalized spacial score (nSPS) is 17.5. The molecular formula is C21H25N5O3. The number of nitro groups is 1. The van der Waals surface area contributed by atoms with E-state index in [-0.39, 0.29) is 11.4 Å². The van der Waals surface area contributed by atoms with Gasteiger partial charge in [-0.05, 0) is 49.6 Å². The van der Waals surface area contributed by atoms with Gasteiger partial charge in [0, 0.05) is 36.6 Å². The maximum atomic E-state index is 11.5. The Morgan fingerprint density at radius 1 is 1.34 bits per heavy atom. The first-order chi connectivity index (χ1) is 14.0. The Kier molecular flexibility index (Phi) is 5.10. The second-order valence-corrected chi connectivity index (χ2v) is 7.72. The van der Waals surface area contributed by atoms with Crippen LogP contribution < -0.4 is 10.5 Å². The second-order valence-electron chi connectivity index (χ2n) is 7.72. The molecule has 3 aromatic rings. The highest BCUT2D eigenvalue weighted by Crippen LogP contribution is 2.34. The number of likely N-dealkylation sites (tertiary alicyclic amines) is 1. The third-order valence-corrected chi connectivity index (χ3v) is 5.50. The van der Waals surface area contributed by atoms with Crippen molar-refractivity contribution in [3.05, 3.63) is 52.3 Å². The van der Waals surface area contributed by atoms with Crippen LogP contribution in [0.25, 0.3) is 16.9 Å². The number of hydrogen-bond acceptors (Lipinski definition) is 6. The average molecular weight is 395 g/mol. The van der Waals surface area contributed by atoms with E-state index in [0.29, 0.717) is 23.7 Å². The molecule has 2 aromatic heterocycles. The number of nitro benzene ring substituents is 1. The summed E-state index contributed by atoms with van der Waals surface area (Å²) in [5.74, 6) is 0.886. The van der Waals surface area contributed by atoms with Crippen LogP contribution in [0.5, 0.6) is 5.75 Å². The second kappa shape index (κ2) is 7.71. The summed E-state index contributed by atoms with van der Waals surface area (Å²) in [5, 5.41) is 11.5. The first-order valence-corrected chi connectivity index (χ1v) is 9.78. The summed E-state index contributed by atoms with van der Waals surface area (Å²) in [7, 11) is 1.43. The lowest BCUT2D eigenvalue weighted by molar-refractivity contribution is -0.385. The molecule has 8 nitrogen and oxygen atoms in total. The monoisotopic (exact) mass is 395 g/mol. The summed E-state index contributed by atoms with van der Waals surface area (Å²) >= 11 is 0. The highest BCUT2D eigenvalue weighted by Gasteiger charge is 2.23. The van der Waals surface area contributed by atoms with E-state index >= 15 is 0 Å². The Morgan fingerprint density at radius 2 is 2.17 bits per heavy atom. The molecule has 0 bridgehead atoms. The molecule has 152 valence electrons. The summed E-state index contributed by atoms with van der Waals surface area (Å²) < 4.78 is 7.14. The molecule has 2 N–H and O–H groups in total. The quantitative estimate of drug-likeness (QED) is 0.522.